The number of allylic oxidation sites excluding steroid dienone is 2. The zero-order chi connectivity index (χ0) is 12.6. The third-order valence-electron chi connectivity index (χ3n) is 2.90. The van der Waals surface area contributed by atoms with Crippen LogP contribution in [-0.2, 0) is 0 Å². The Labute approximate surface area is 109 Å². The Hall–Kier alpha value is -1.96. The van der Waals surface area contributed by atoms with Crippen LogP contribution in [0, 0.1) is 23.7 Å². The molecule has 90 valence electrons. The first-order valence-electron chi connectivity index (χ1n) is 6.30. The van der Waals surface area contributed by atoms with Gasteiger partial charge in [-0.2, -0.15) is 0 Å². The fourth-order valence-electron chi connectivity index (χ4n) is 1.89. The van der Waals surface area contributed by atoms with Crippen LogP contribution in [0.4, 0.5) is 0 Å². The standard InChI is InChI=1S/C17H16O/c18-17(16-12-5-2-6-13-16)14-8-7-11-15-9-3-1-4-10-15/h2,5-6,9,12-13,17-18H,1,3-4,10H2/t17-/m0/s1. The van der Waals surface area contributed by atoms with Crippen LogP contribution in [0.15, 0.2) is 42.0 Å². The maximum atomic E-state index is 9.80. The lowest BCUT2D eigenvalue weighted by Gasteiger charge is -2.05. The van der Waals surface area contributed by atoms with Crippen molar-refractivity contribution in [1.82, 2.24) is 0 Å². The average Bonchev–Trinajstić information content (AvgIpc) is 2.45. The van der Waals surface area contributed by atoms with Gasteiger partial charge in [0.2, 0.25) is 0 Å². The molecule has 18 heavy (non-hydrogen) atoms. The van der Waals surface area contributed by atoms with Crippen molar-refractivity contribution >= 4 is 0 Å². The van der Waals surface area contributed by atoms with Gasteiger partial charge >= 0.3 is 0 Å². The van der Waals surface area contributed by atoms with Gasteiger partial charge in [-0.25, -0.2) is 0 Å². The summed E-state index contributed by atoms with van der Waals surface area (Å²) in [6.45, 7) is 0. The highest BCUT2D eigenvalue weighted by atomic mass is 16.3. The van der Waals surface area contributed by atoms with Gasteiger partial charge in [-0.05, 0) is 48.7 Å². The minimum absolute atomic E-state index is 0.749. The molecule has 0 amide bonds. The first kappa shape index (κ1) is 12.5. The molecule has 0 heterocycles. The molecule has 1 atom stereocenters. The van der Waals surface area contributed by atoms with Gasteiger partial charge in [-0.3, -0.25) is 0 Å². The molecule has 0 aromatic heterocycles. The van der Waals surface area contributed by atoms with Crippen molar-refractivity contribution < 1.29 is 5.11 Å². The molecular weight excluding hydrogens is 220 g/mol. The summed E-state index contributed by atoms with van der Waals surface area (Å²) in [4.78, 5) is 0. The molecule has 0 saturated heterocycles. The Bertz CT molecular complexity index is 532. The molecule has 0 fully saturated rings. The average molecular weight is 236 g/mol. The second-order valence-corrected chi connectivity index (χ2v) is 4.31. The summed E-state index contributed by atoms with van der Waals surface area (Å²) in [6.07, 6.45) is 6.12. The van der Waals surface area contributed by atoms with Crippen molar-refractivity contribution in [2.45, 2.75) is 31.8 Å². The number of hydrogen-bond acceptors (Lipinski definition) is 1. The van der Waals surface area contributed by atoms with E-state index >= 15 is 0 Å². The van der Waals surface area contributed by atoms with Gasteiger partial charge in [0.25, 0.3) is 0 Å². The van der Waals surface area contributed by atoms with Gasteiger partial charge in [0, 0.05) is 0 Å². The normalized spacial score (nSPS) is 15.5. The number of benzene rings is 1. The Kier molecular flexibility index (Phi) is 4.65. The number of hydrogen-bond donors (Lipinski definition) is 1. The summed E-state index contributed by atoms with van der Waals surface area (Å²) in [7, 11) is 0. The van der Waals surface area contributed by atoms with E-state index in [4.69, 9.17) is 0 Å². The van der Waals surface area contributed by atoms with Crippen molar-refractivity contribution in [3.05, 3.63) is 47.5 Å². The second kappa shape index (κ2) is 6.70. The van der Waals surface area contributed by atoms with Crippen LogP contribution in [0.2, 0.25) is 0 Å². The third kappa shape index (κ3) is 3.81. The molecule has 0 aliphatic heterocycles. The van der Waals surface area contributed by atoms with E-state index in [1.807, 2.05) is 30.3 Å². The first-order chi connectivity index (χ1) is 8.86. The molecule has 0 bridgehead atoms. The first-order valence-corrected chi connectivity index (χ1v) is 6.30. The molecule has 1 heteroatoms. The molecule has 0 radical (unpaired) electrons. The topological polar surface area (TPSA) is 20.2 Å². The predicted octanol–water partition coefficient (Wildman–Crippen LogP) is 3.23. The van der Waals surface area contributed by atoms with Gasteiger partial charge in [0.1, 0.15) is 6.10 Å². The monoisotopic (exact) mass is 236 g/mol. The Morgan fingerprint density at radius 2 is 1.89 bits per heavy atom. The predicted molar refractivity (Wildman–Crippen MR) is 73.5 cm³/mol. The lowest BCUT2D eigenvalue weighted by Crippen LogP contribution is -1.92. The molecule has 0 saturated carbocycles. The third-order valence-corrected chi connectivity index (χ3v) is 2.90. The zero-order valence-corrected chi connectivity index (χ0v) is 10.3. The Morgan fingerprint density at radius 3 is 2.61 bits per heavy atom. The highest BCUT2D eigenvalue weighted by Crippen LogP contribution is 2.16. The molecule has 1 aromatic carbocycles. The van der Waals surface area contributed by atoms with Crippen LogP contribution in [0.3, 0.4) is 0 Å². The number of rotatable bonds is 1. The van der Waals surface area contributed by atoms with Gasteiger partial charge in [0.15, 0.2) is 0 Å². The van der Waals surface area contributed by atoms with Crippen molar-refractivity contribution in [1.29, 1.82) is 0 Å². The van der Waals surface area contributed by atoms with Crippen LogP contribution in [0.1, 0.15) is 37.4 Å². The molecule has 1 aromatic rings. The minimum Gasteiger partial charge on any atom is -0.376 e. The van der Waals surface area contributed by atoms with E-state index in [9.17, 15) is 5.11 Å². The van der Waals surface area contributed by atoms with Crippen molar-refractivity contribution in [3.8, 4) is 23.7 Å². The number of aliphatic hydroxyl groups excluding tert-OH is 1. The molecule has 1 nitrogen and oxygen atoms in total. The van der Waals surface area contributed by atoms with Crippen LogP contribution in [-0.4, -0.2) is 5.11 Å². The van der Waals surface area contributed by atoms with Crippen molar-refractivity contribution in [2.75, 3.05) is 0 Å². The van der Waals surface area contributed by atoms with E-state index in [1.54, 1.807) is 0 Å². The summed E-state index contributed by atoms with van der Waals surface area (Å²) in [5.41, 5.74) is 1.99. The zero-order valence-electron chi connectivity index (χ0n) is 10.3. The molecule has 0 unspecified atom stereocenters. The van der Waals surface area contributed by atoms with Crippen LogP contribution < -0.4 is 0 Å². The molecule has 0 spiro atoms. The molecule has 1 aliphatic carbocycles. The fourth-order valence-corrected chi connectivity index (χ4v) is 1.89. The highest BCUT2D eigenvalue weighted by molar-refractivity contribution is 5.39. The van der Waals surface area contributed by atoms with E-state index in [0.717, 1.165) is 18.4 Å². The van der Waals surface area contributed by atoms with Crippen molar-refractivity contribution in [3.63, 3.8) is 0 Å². The maximum Gasteiger partial charge on any atom is 0.141 e. The van der Waals surface area contributed by atoms with Gasteiger partial charge in [-0.15, -0.1) is 0 Å². The quantitative estimate of drug-likeness (QED) is 0.742. The summed E-state index contributed by atoms with van der Waals surface area (Å²) < 4.78 is 0. The molecular formula is C17H16O. The minimum atomic E-state index is -0.749. The van der Waals surface area contributed by atoms with Gasteiger partial charge in [0.05, 0.1) is 0 Å². The van der Waals surface area contributed by atoms with Gasteiger partial charge in [-0.1, -0.05) is 48.2 Å². The smallest absolute Gasteiger partial charge is 0.141 e. The maximum absolute atomic E-state index is 9.80. The summed E-state index contributed by atoms with van der Waals surface area (Å²) >= 11 is 0. The Morgan fingerprint density at radius 1 is 1.06 bits per heavy atom. The summed E-state index contributed by atoms with van der Waals surface area (Å²) in [6, 6.07) is 9.41. The van der Waals surface area contributed by atoms with E-state index in [2.05, 4.69) is 29.8 Å². The van der Waals surface area contributed by atoms with Crippen LogP contribution >= 0.6 is 0 Å². The second-order valence-electron chi connectivity index (χ2n) is 4.31. The van der Waals surface area contributed by atoms with E-state index in [0.29, 0.717) is 0 Å². The van der Waals surface area contributed by atoms with Crippen molar-refractivity contribution in [2.24, 2.45) is 0 Å². The fraction of sp³-hybridized carbons (Fsp3) is 0.294. The summed E-state index contributed by atoms with van der Waals surface area (Å²) in [5.74, 6) is 11.3. The lowest BCUT2D eigenvalue weighted by atomic mass is 10.0. The van der Waals surface area contributed by atoms with E-state index < -0.39 is 6.10 Å². The molecule has 1 N–H and O–H groups in total. The highest BCUT2D eigenvalue weighted by Gasteiger charge is 2.00. The Balaban J connectivity index is 1.96. The van der Waals surface area contributed by atoms with Crippen LogP contribution in [0.25, 0.3) is 0 Å². The molecule has 2 rings (SSSR count). The van der Waals surface area contributed by atoms with Gasteiger partial charge < -0.3 is 5.11 Å². The number of aliphatic hydroxyl groups is 1. The summed E-state index contributed by atoms with van der Waals surface area (Å²) in [5, 5.41) is 9.80. The van der Waals surface area contributed by atoms with E-state index in [-0.39, 0.29) is 0 Å². The SMILES string of the molecule is O[C@@H](C#CC#CC1=CCCCC1)c1ccccc1. The lowest BCUT2D eigenvalue weighted by molar-refractivity contribution is 0.238. The van der Waals surface area contributed by atoms with Crippen LogP contribution in [0.5, 0.6) is 0 Å². The molecule has 1 aliphatic rings. The van der Waals surface area contributed by atoms with E-state index in [1.165, 1.54) is 18.4 Å². The largest absolute Gasteiger partial charge is 0.376 e.